The molecular formula is C10H22O3. The maximum atomic E-state index is 9.63. The highest BCUT2D eigenvalue weighted by molar-refractivity contribution is 5.62. The number of hydrogen-bond donors (Lipinski definition) is 2. The Kier molecular flexibility index (Phi) is 9.24. The Morgan fingerprint density at radius 1 is 1.23 bits per heavy atom. The van der Waals surface area contributed by atoms with E-state index >= 15 is 0 Å². The van der Waals surface area contributed by atoms with Crippen molar-refractivity contribution >= 4 is 5.97 Å². The molecule has 0 heterocycles. The average molecular weight is 190 g/mol. The zero-order chi connectivity index (χ0) is 10.9. The molecule has 0 aliphatic heterocycles. The summed E-state index contributed by atoms with van der Waals surface area (Å²) in [4.78, 5) is 9.00. The van der Waals surface area contributed by atoms with E-state index in [2.05, 4.69) is 6.92 Å². The molecule has 0 aromatic heterocycles. The lowest BCUT2D eigenvalue weighted by molar-refractivity contribution is -0.134. The zero-order valence-electron chi connectivity index (χ0n) is 9.13. The molecule has 0 spiro atoms. The predicted molar refractivity (Wildman–Crippen MR) is 53.7 cm³/mol. The van der Waals surface area contributed by atoms with Crippen molar-refractivity contribution in [2.45, 2.75) is 59.0 Å². The molecule has 0 saturated heterocycles. The number of carboxylic acid groups (broad SMARTS) is 1. The van der Waals surface area contributed by atoms with Gasteiger partial charge in [0.2, 0.25) is 0 Å². The van der Waals surface area contributed by atoms with Gasteiger partial charge in [0.25, 0.3) is 5.97 Å². The second kappa shape index (κ2) is 8.05. The van der Waals surface area contributed by atoms with Crippen LogP contribution in [-0.2, 0) is 4.79 Å². The number of carbonyl (C=O) groups is 1. The second-order valence-electron chi connectivity index (χ2n) is 3.20. The Balaban J connectivity index is 0. The van der Waals surface area contributed by atoms with E-state index in [-0.39, 0.29) is 5.60 Å². The summed E-state index contributed by atoms with van der Waals surface area (Å²) in [6, 6.07) is 0. The molecule has 0 amide bonds. The van der Waals surface area contributed by atoms with Crippen LogP contribution in [0.3, 0.4) is 0 Å². The van der Waals surface area contributed by atoms with Gasteiger partial charge in [0.15, 0.2) is 0 Å². The van der Waals surface area contributed by atoms with Crippen molar-refractivity contribution in [3.05, 3.63) is 0 Å². The number of aliphatic hydroxyl groups is 1. The molecule has 0 fully saturated rings. The van der Waals surface area contributed by atoms with Crippen LogP contribution in [0, 0.1) is 0 Å². The predicted octanol–water partition coefficient (Wildman–Crippen LogP) is 2.43. The van der Waals surface area contributed by atoms with Crippen molar-refractivity contribution in [2.24, 2.45) is 0 Å². The number of aliphatic carboxylic acids is 1. The maximum Gasteiger partial charge on any atom is 0.300 e. The lowest BCUT2D eigenvalue weighted by Crippen LogP contribution is -2.25. The van der Waals surface area contributed by atoms with Crippen LogP contribution in [0.25, 0.3) is 0 Å². The standard InChI is InChI=1S/C8H18O.C2H4O2/c1-4-7-8(9,5-2)6-3;1-2(3)4/h9H,4-7H2,1-3H3;1H3,(H,3,4). The Bertz CT molecular complexity index is 124. The van der Waals surface area contributed by atoms with Crippen LogP contribution in [0.1, 0.15) is 53.4 Å². The molecule has 0 rings (SSSR count). The van der Waals surface area contributed by atoms with Gasteiger partial charge in [0.1, 0.15) is 0 Å². The first kappa shape index (κ1) is 14.9. The maximum absolute atomic E-state index is 9.63. The third kappa shape index (κ3) is 11.4. The Labute approximate surface area is 80.8 Å². The monoisotopic (exact) mass is 190 g/mol. The average Bonchev–Trinajstić information content (AvgIpc) is 2.04. The first-order valence-electron chi connectivity index (χ1n) is 4.83. The van der Waals surface area contributed by atoms with Gasteiger partial charge in [-0.2, -0.15) is 0 Å². The lowest BCUT2D eigenvalue weighted by atomic mass is 9.92. The van der Waals surface area contributed by atoms with E-state index in [9.17, 15) is 5.11 Å². The molecule has 13 heavy (non-hydrogen) atoms. The molecule has 0 unspecified atom stereocenters. The fourth-order valence-corrected chi connectivity index (χ4v) is 1.07. The molecule has 2 N–H and O–H groups in total. The molecular weight excluding hydrogens is 168 g/mol. The summed E-state index contributed by atoms with van der Waals surface area (Å²) in [5, 5.41) is 17.0. The van der Waals surface area contributed by atoms with Gasteiger partial charge in [-0.3, -0.25) is 4.79 Å². The van der Waals surface area contributed by atoms with Crippen molar-refractivity contribution in [3.8, 4) is 0 Å². The molecule has 3 nitrogen and oxygen atoms in total. The van der Waals surface area contributed by atoms with Crippen LogP contribution in [0.5, 0.6) is 0 Å². The molecule has 0 atom stereocenters. The normalized spacial score (nSPS) is 10.2. The quantitative estimate of drug-likeness (QED) is 0.715. The van der Waals surface area contributed by atoms with Crippen LogP contribution in [0.15, 0.2) is 0 Å². The number of carboxylic acids is 1. The van der Waals surface area contributed by atoms with E-state index in [0.717, 1.165) is 32.6 Å². The number of hydrogen-bond acceptors (Lipinski definition) is 2. The third-order valence-electron chi connectivity index (χ3n) is 2.03. The van der Waals surface area contributed by atoms with Crippen molar-refractivity contribution in [3.63, 3.8) is 0 Å². The highest BCUT2D eigenvalue weighted by Gasteiger charge is 2.19. The minimum absolute atomic E-state index is 0.366. The molecule has 0 aliphatic carbocycles. The highest BCUT2D eigenvalue weighted by atomic mass is 16.4. The third-order valence-corrected chi connectivity index (χ3v) is 2.03. The van der Waals surface area contributed by atoms with Crippen molar-refractivity contribution in [1.29, 1.82) is 0 Å². The van der Waals surface area contributed by atoms with Crippen molar-refractivity contribution in [1.82, 2.24) is 0 Å². The smallest absolute Gasteiger partial charge is 0.300 e. The van der Waals surface area contributed by atoms with Gasteiger partial charge in [-0.1, -0.05) is 27.2 Å². The van der Waals surface area contributed by atoms with Gasteiger partial charge in [-0.15, -0.1) is 0 Å². The summed E-state index contributed by atoms with van der Waals surface area (Å²) >= 11 is 0. The van der Waals surface area contributed by atoms with E-state index < -0.39 is 5.97 Å². The van der Waals surface area contributed by atoms with Gasteiger partial charge in [-0.05, 0) is 19.3 Å². The van der Waals surface area contributed by atoms with Crippen molar-refractivity contribution < 1.29 is 15.0 Å². The Morgan fingerprint density at radius 3 is 1.62 bits per heavy atom. The van der Waals surface area contributed by atoms with E-state index in [0.29, 0.717) is 0 Å². The summed E-state index contributed by atoms with van der Waals surface area (Å²) in [7, 11) is 0. The summed E-state index contributed by atoms with van der Waals surface area (Å²) in [5.41, 5.74) is -0.366. The summed E-state index contributed by atoms with van der Waals surface area (Å²) < 4.78 is 0. The van der Waals surface area contributed by atoms with E-state index in [1.54, 1.807) is 0 Å². The van der Waals surface area contributed by atoms with Crippen LogP contribution in [0.2, 0.25) is 0 Å². The van der Waals surface area contributed by atoms with E-state index in [4.69, 9.17) is 9.90 Å². The molecule has 0 aromatic rings. The minimum Gasteiger partial charge on any atom is -0.481 e. The van der Waals surface area contributed by atoms with Gasteiger partial charge in [-0.25, -0.2) is 0 Å². The number of rotatable bonds is 4. The SMILES string of the molecule is CC(=O)O.CCCC(O)(CC)CC. The molecule has 0 saturated carbocycles. The van der Waals surface area contributed by atoms with Gasteiger partial charge in [0, 0.05) is 6.92 Å². The molecule has 0 aliphatic rings. The summed E-state index contributed by atoms with van der Waals surface area (Å²) in [6.45, 7) is 7.27. The first-order chi connectivity index (χ1) is 5.91. The zero-order valence-corrected chi connectivity index (χ0v) is 9.13. The van der Waals surface area contributed by atoms with Crippen LogP contribution in [0.4, 0.5) is 0 Å². The Hall–Kier alpha value is -0.570. The largest absolute Gasteiger partial charge is 0.481 e. The van der Waals surface area contributed by atoms with Gasteiger partial charge >= 0.3 is 0 Å². The summed E-state index contributed by atoms with van der Waals surface area (Å²) in [6.07, 6.45) is 3.80. The lowest BCUT2D eigenvalue weighted by Gasteiger charge is -2.23. The van der Waals surface area contributed by atoms with Crippen LogP contribution in [-0.4, -0.2) is 21.8 Å². The van der Waals surface area contributed by atoms with Gasteiger partial charge in [0.05, 0.1) is 5.60 Å². The molecule has 80 valence electrons. The van der Waals surface area contributed by atoms with E-state index in [1.165, 1.54) is 0 Å². The first-order valence-corrected chi connectivity index (χ1v) is 4.83. The fraction of sp³-hybridized carbons (Fsp3) is 0.900. The molecule has 0 aromatic carbocycles. The summed E-state index contributed by atoms with van der Waals surface area (Å²) in [5.74, 6) is -0.833. The van der Waals surface area contributed by atoms with E-state index in [1.807, 2.05) is 13.8 Å². The highest BCUT2D eigenvalue weighted by Crippen LogP contribution is 2.20. The molecule has 3 heteroatoms. The van der Waals surface area contributed by atoms with Crippen LogP contribution >= 0.6 is 0 Å². The minimum atomic E-state index is -0.833. The topological polar surface area (TPSA) is 57.5 Å². The van der Waals surface area contributed by atoms with Crippen LogP contribution < -0.4 is 0 Å². The van der Waals surface area contributed by atoms with Crippen molar-refractivity contribution in [2.75, 3.05) is 0 Å². The molecule has 0 radical (unpaired) electrons. The molecule has 0 bridgehead atoms. The van der Waals surface area contributed by atoms with Gasteiger partial charge < -0.3 is 10.2 Å². The Morgan fingerprint density at radius 2 is 1.54 bits per heavy atom. The fourth-order valence-electron chi connectivity index (χ4n) is 1.07. The second-order valence-corrected chi connectivity index (χ2v) is 3.20.